The standard InChI is InChI=1S/C12H21NO3/c1-5-6-9-7-10(14)11(12(15)16-4)8(2)13(9)3/h8-9,11H,5-7H2,1-4H3. The number of ketones is 1. The van der Waals surface area contributed by atoms with Crippen LogP contribution in [0, 0.1) is 5.92 Å². The summed E-state index contributed by atoms with van der Waals surface area (Å²) in [6.45, 7) is 4.02. The van der Waals surface area contributed by atoms with Crippen LogP contribution in [-0.2, 0) is 14.3 Å². The van der Waals surface area contributed by atoms with Crippen molar-refractivity contribution in [3.8, 4) is 0 Å². The molecule has 0 aromatic heterocycles. The first-order valence-electron chi connectivity index (χ1n) is 5.85. The molecule has 3 unspecified atom stereocenters. The minimum atomic E-state index is -0.608. The maximum atomic E-state index is 11.9. The highest BCUT2D eigenvalue weighted by Crippen LogP contribution is 2.27. The topological polar surface area (TPSA) is 46.6 Å². The van der Waals surface area contributed by atoms with Crippen molar-refractivity contribution in [2.24, 2.45) is 5.92 Å². The van der Waals surface area contributed by atoms with Crippen LogP contribution < -0.4 is 0 Å². The summed E-state index contributed by atoms with van der Waals surface area (Å²) in [5.74, 6) is -0.988. The maximum absolute atomic E-state index is 11.9. The van der Waals surface area contributed by atoms with Gasteiger partial charge in [-0.2, -0.15) is 0 Å². The molecule has 1 aliphatic rings. The summed E-state index contributed by atoms with van der Waals surface area (Å²) < 4.78 is 4.69. The molecule has 4 heteroatoms. The highest BCUT2D eigenvalue weighted by atomic mass is 16.5. The number of Topliss-reactive ketones (excluding diaryl/α,β-unsaturated/α-hetero) is 1. The van der Waals surface area contributed by atoms with Gasteiger partial charge in [-0.3, -0.25) is 14.5 Å². The van der Waals surface area contributed by atoms with Crippen LogP contribution in [0.4, 0.5) is 0 Å². The van der Waals surface area contributed by atoms with Crippen molar-refractivity contribution < 1.29 is 14.3 Å². The number of piperidine rings is 1. The van der Waals surface area contributed by atoms with Crippen molar-refractivity contribution in [1.82, 2.24) is 4.90 Å². The average Bonchev–Trinajstić information content (AvgIpc) is 2.25. The second-order valence-corrected chi connectivity index (χ2v) is 4.52. The first-order chi connectivity index (χ1) is 7.52. The molecule has 1 rings (SSSR count). The Kier molecular flexibility index (Phi) is 4.47. The predicted molar refractivity (Wildman–Crippen MR) is 61.1 cm³/mol. The fourth-order valence-corrected chi connectivity index (χ4v) is 2.43. The quantitative estimate of drug-likeness (QED) is 0.537. The molecule has 0 saturated carbocycles. The van der Waals surface area contributed by atoms with E-state index in [4.69, 9.17) is 0 Å². The molecular weight excluding hydrogens is 206 g/mol. The Bertz CT molecular complexity index is 277. The molecule has 0 aromatic carbocycles. The molecule has 0 aliphatic carbocycles. The van der Waals surface area contributed by atoms with Crippen LogP contribution in [-0.4, -0.2) is 42.9 Å². The van der Waals surface area contributed by atoms with Gasteiger partial charge >= 0.3 is 5.97 Å². The van der Waals surface area contributed by atoms with Gasteiger partial charge in [0.1, 0.15) is 11.7 Å². The number of nitrogens with zero attached hydrogens (tertiary/aromatic N) is 1. The minimum absolute atomic E-state index is 0.0240. The monoisotopic (exact) mass is 227 g/mol. The van der Waals surface area contributed by atoms with Crippen LogP contribution in [0.3, 0.4) is 0 Å². The van der Waals surface area contributed by atoms with Gasteiger partial charge in [0.25, 0.3) is 0 Å². The summed E-state index contributed by atoms with van der Waals surface area (Å²) >= 11 is 0. The number of ether oxygens (including phenoxy) is 1. The summed E-state index contributed by atoms with van der Waals surface area (Å²) in [5, 5.41) is 0. The number of esters is 1. The molecule has 0 N–H and O–H groups in total. The lowest BCUT2D eigenvalue weighted by atomic mass is 9.84. The highest BCUT2D eigenvalue weighted by Gasteiger charge is 2.42. The van der Waals surface area contributed by atoms with Crippen LogP contribution in [0.2, 0.25) is 0 Å². The minimum Gasteiger partial charge on any atom is -0.468 e. The molecule has 0 radical (unpaired) electrons. The summed E-state index contributed by atoms with van der Waals surface area (Å²) in [5.41, 5.74) is 0. The van der Waals surface area contributed by atoms with E-state index in [0.29, 0.717) is 6.42 Å². The van der Waals surface area contributed by atoms with E-state index >= 15 is 0 Å². The van der Waals surface area contributed by atoms with E-state index in [-0.39, 0.29) is 17.9 Å². The maximum Gasteiger partial charge on any atom is 0.317 e. The van der Waals surface area contributed by atoms with Gasteiger partial charge in [-0.25, -0.2) is 0 Å². The summed E-state index contributed by atoms with van der Waals surface area (Å²) in [6, 6.07) is 0.207. The Morgan fingerprint density at radius 3 is 2.69 bits per heavy atom. The van der Waals surface area contributed by atoms with Crippen LogP contribution in [0.1, 0.15) is 33.1 Å². The first kappa shape index (κ1) is 13.2. The largest absolute Gasteiger partial charge is 0.468 e. The Balaban J connectivity index is 2.79. The van der Waals surface area contributed by atoms with E-state index in [9.17, 15) is 9.59 Å². The van der Waals surface area contributed by atoms with E-state index in [1.807, 2.05) is 14.0 Å². The summed E-state index contributed by atoms with van der Waals surface area (Å²) in [4.78, 5) is 25.6. The number of likely N-dealkylation sites (tertiary alicyclic amines) is 1. The number of hydrogen-bond donors (Lipinski definition) is 0. The molecule has 4 nitrogen and oxygen atoms in total. The molecule has 16 heavy (non-hydrogen) atoms. The van der Waals surface area contributed by atoms with Gasteiger partial charge in [0, 0.05) is 18.5 Å². The van der Waals surface area contributed by atoms with E-state index in [1.54, 1.807) is 0 Å². The normalized spacial score (nSPS) is 31.5. The Hall–Kier alpha value is -0.900. The SMILES string of the molecule is CCCC1CC(=O)C(C(=O)OC)C(C)N1C. The summed E-state index contributed by atoms with van der Waals surface area (Å²) in [7, 11) is 3.31. The lowest BCUT2D eigenvalue weighted by molar-refractivity contribution is -0.155. The molecule has 1 saturated heterocycles. The van der Waals surface area contributed by atoms with Crippen molar-refractivity contribution in [3.63, 3.8) is 0 Å². The zero-order valence-corrected chi connectivity index (χ0v) is 10.5. The third kappa shape index (κ3) is 2.43. The van der Waals surface area contributed by atoms with Gasteiger partial charge in [-0.05, 0) is 20.4 Å². The van der Waals surface area contributed by atoms with Crippen LogP contribution >= 0.6 is 0 Å². The van der Waals surface area contributed by atoms with Crippen molar-refractivity contribution in [2.45, 2.75) is 45.2 Å². The van der Waals surface area contributed by atoms with Crippen molar-refractivity contribution in [1.29, 1.82) is 0 Å². The van der Waals surface area contributed by atoms with Gasteiger partial charge in [-0.1, -0.05) is 13.3 Å². The number of carbonyl (C=O) groups is 2. The Morgan fingerprint density at radius 1 is 1.56 bits per heavy atom. The predicted octanol–water partition coefficient (Wildman–Crippen LogP) is 1.24. The zero-order chi connectivity index (χ0) is 12.3. The molecule has 0 bridgehead atoms. The van der Waals surface area contributed by atoms with Crippen LogP contribution in [0.15, 0.2) is 0 Å². The fraction of sp³-hybridized carbons (Fsp3) is 0.833. The number of methoxy groups -OCH3 is 1. The van der Waals surface area contributed by atoms with Gasteiger partial charge in [0.05, 0.1) is 7.11 Å². The second kappa shape index (κ2) is 5.43. The van der Waals surface area contributed by atoms with Gasteiger partial charge in [0.2, 0.25) is 0 Å². The molecule has 0 amide bonds. The van der Waals surface area contributed by atoms with E-state index < -0.39 is 11.9 Å². The molecule has 92 valence electrons. The number of rotatable bonds is 3. The molecule has 3 atom stereocenters. The fourth-order valence-electron chi connectivity index (χ4n) is 2.43. The zero-order valence-electron chi connectivity index (χ0n) is 10.5. The van der Waals surface area contributed by atoms with E-state index in [2.05, 4.69) is 16.6 Å². The number of carbonyl (C=O) groups excluding carboxylic acids is 2. The highest BCUT2D eigenvalue weighted by molar-refractivity contribution is 6.00. The molecule has 0 spiro atoms. The third-order valence-corrected chi connectivity index (χ3v) is 3.56. The van der Waals surface area contributed by atoms with Crippen molar-refractivity contribution in [2.75, 3.05) is 14.2 Å². The molecule has 1 fully saturated rings. The van der Waals surface area contributed by atoms with E-state index in [1.165, 1.54) is 7.11 Å². The molecule has 0 aromatic rings. The average molecular weight is 227 g/mol. The lowest BCUT2D eigenvalue weighted by Crippen LogP contribution is -2.54. The Morgan fingerprint density at radius 2 is 2.19 bits per heavy atom. The van der Waals surface area contributed by atoms with Crippen molar-refractivity contribution in [3.05, 3.63) is 0 Å². The van der Waals surface area contributed by atoms with Gasteiger partial charge in [0.15, 0.2) is 0 Å². The van der Waals surface area contributed by atoms with E-state index in [0.717, 1.165) is 12.8 Å². The smallest absolute Gasteiger partial charge is 0.317 e. The lowest BCUT2D eigenvalue weighted by Gasteiger charge is -2.40. The second-order valence-electron chi connectivity index (χ2n) is 4.52. The van der Waals surface area contributed by atoms with Gasteiger partial charge in [-0.15, -0.1) is 0 Å². The third-order valence-electron chi connectivity index (χ3n) is 3.56. The number of hydrogen-bond acceptors (Lipinski definition) is 4. The van der Waals surface area contributed by atoms with Crippen LogP contribution in [0.5, 0.6) is 0 Å². The Labute approximate surface area is 96.9 Å². The summed E-state index contributed by atoms with van der Waals surface area (Å²) in [6.07, 6.45) is 2.52. The molecular formula is C12H21NO3. The molecule has 1 heterocycles. The van der Waals surface area contributed by atoms with Gasteiger partial charge < -0.3 is 4.74 Å². The van der Waals surface area contributed by atoms with Crippen molar-refractivity contribution >= 4 is 11.8 Å². The molecule has 1 aliphatic heterocycles. The van der Waals surface area contributed by atoms with Crippen LogP contribution in [0.25, 0.3) is 0 Å². The first-order valence-corrected chi connectivity index (χ1v) is 5.85.